The number of nitrogens with zero attached hydrogens (tertiary/aromatic N) is 1. The number of aryl methyl sites for hydroxylation is 2. The number of carbonyl (C=O) groups is 1. The van der Waals surface area contributed by atoms with Crippen molar-refractivity contribution in [1.82, 2.24) is 10.2 Å². The van der Waals surface area contributed by atoms with Gasteiger partial charge in [0.05, 0.1) is 5.56 Å². The molecule has 0 saturated carbocycles. The SMILES string of the molecule is CCN(CC1CCCN1)C(=O)c1c(C)oc(C)c1C. The second-order valence-corrected chi connectivity index (χ2v) is 5.35. The van der Waals surface area contributed by atoms with Crippen LogP contribution in [0.3, 0.4) is 0 Å². The van der Waals surface area contributed by atoms with Crippen molar-refractivity contribution >= 4 is 5.91 Å². The number of nitrogens with one attached hydrogen (secondary N) is 1. The van der Waals surface area contributed by atoms with Gasteiger partial charge in [-0.1, -0.05) is 0 Å². The van der Waals surface area contributed by atoms with Gasteiger partial charge >= 0.3 is 0 Å². The molecule has 0 radical (unpaired) electrons. The molecule has 0 bridgehead atoms. The minimum absolute atomic E-state index is 0.100. The molecule has 19 heavy (non-hydrogen) atoms. The molecule has 0 aliphatic carbocycles. The van der Waals surface area contributed by atoms with Crippen LogP contribution in [-0.2, 0) is 0 Å². The average Bonchev–Trinajstić information content (AvgIpc) is 2.96. The quantitative estimate of drug-likeness (QED) is 0.908. The van der Waals surface area contributed by atoms with Crippen LogP contribution in [0, 0.1) is 20.8 Å². The summed E-state index contributed by atoms with van der Waals surface area (Å²) in [5.41, 5.74) is 1.72. The van der Waals surface area contributed by atoms with Gasteiger partial charge in [-0.15, -0.1) is 0 Å². The first kappa shape index (κ1) is 14.1. The average molecular weight is 264 g/mol. The summed E-state index contributed by atoms with van der Waals surface area (Å²) in [5, 5.41) is 3.44. The maximum Gasteiger partial charge on any atom is 0.257 e. The molecule has 1 aliphatic rings. The molecule has 1 aliphatic heterocycles. The van der Waals surface area contributed by atoms with Crippen LogP contribution in [0.1, 0.15) is 47.2 Å². The zero-order chi connectivity index (χ0) is 14.0. The molecule has 106 valence electrons. The predicted molar refractivity (Wildman–Crippen MR) is 75.5 cm³/mol. The Labute approximate surface area is 115 Å². The van der Waals surface area contributed by atoms with Crippen molar-refractivity contribution in [1.29, 1.82) is 0 Å². The summed E-state index contributed by atoms with van der Waals surface area (Å²) < 4.78 is 5.57. The molecule has 1 saturated heterocycles. The number of furan rings is 1. The van der Waals surface area contributed by atoms with E-state index in [-0.39, 0.29) is 5.91 Å². The van der Waals surface area contributed by atoms with Crippen molar-refractivity contribution in [3.8, 4) is 0 Å². The van der Waals surface area contributed by atoms with Crippen LogP contribution in [-0.4, -0.2) is 36.5 Å². The number of hydrogen-bond acceptors (Lipinski definition) is 3. The zero-order valence-corrected chi connectivity index (χ0v) is 12.4. The van der Waals surface area contributed by atoms with E-state index in [1.54, 1.807) is 0 Å². The monoisotopic (exact) mass is 264 g/mol. The van der Waals surface area contributed by atoms with Gasteiger partial charge in [0.25, 0.3) is 5.91 Å². The second kappa shape index (κ2) is 5.78. The van der Waals surface area contributed by atoms with E-state index < -0.39 is 0 Å². The fourth-order valence-corrected chi connectivity index (χ4v) is 2.80. The van der Waals surface area contributed by atoms with E-state index >= 15 is 0 Å². The van der Waals surface area contributed by atoms with E-state index in [9.17, 15) is 4.79 Å². The van der Waals surface area contributed by atoms with Gasteiger partial charge in [-0.25, -0.2) is 0 Å². The summed E-state index contributed by atoms with van der Waals surface area (Å²) in [7, 11) is 0. The smallest absolute Gasteiger partial charge is 0.257 e. The third-order valence-electron chi connectivity index (χ3n) is 4.05. The van der Waals surface area contributed by atoms with E-state index in [0.29, 0.717) is 6.04 Å². The van der Waals surface area contributed by atoms with Gasteiger partial charge in [0.1, 0.15) is 11.5 Å². The molecular formula is C15H24N2O2. The van der Waals surface area contributed by atoms with Crippen molar-refractivity contribution in [3.05, 3.63) is 22.6 Å². The molecular weight excluding hydrogens is 240 g/mol. The summed E-state index contributed by atoms with van der Waals surface area (Å²) >= 11 is 0. The summed E-state index contributed by atoms with van der Waals surface area (Å²) in [5.74, 6) is 1.68. The second-order valence-electron chi connectivity index (χ2n) is 5.35. The number of hydrogen-bond donors (Lipinski definition) is 1. The number of carbonyl (C=O) groups excluding carboxylic acids is 1. The van der Waals surface area contributed by atoms with Gasteiger partial charge in [0.2, 0.25) is 0 Å². The van der Waals surface area contributed by atoms with E-state index in [1.165, 1.54) is 6.42 Å². The van der Waals surface area contributed by atoms with Crippen LogP contribution in [0.5, 0.6) is 0 Å². The van der Waals surface area contributed by atoms with Gasteiger partial charge in [0.15, 0.2) is 0 Å². The van der Waals surface area contributed by atoms with E-state index in [1.807, 2.05) is 32.6 Å². The lowest BCUT2D eigenvalue weighted by molar-refractivity contribution is 0.0749. The van der Waals surface area contributed by atoms with Crippen LogP contribution in [0.2, 0.25) is 0 Å². The number of rotatable bonds is 4. The van der Waals surface area contributed by atoms with Crippen molar-refractivity contribution in [2.24, 2.45) is 0 Å². The molecule has 1 aromatic rings. The van der Waals surface area contributed by atoms with Crippen LogP contribution >= 0.6 is 0 Å². The molecule has 4 heteroatoms. The molecule has 1 aromatic heterocycles. The Bertz CT molecular complexity index is 459. The highest BCUT2D eigenvalue weighted by atomic mass is 16.3. The first-order valence-corrected chi connectivity index (χ1v) is 7.13. The third-order valence-corrected chi connectivity index (χ3v) is 4.05. The molecule has 2 rings (SSSR count). The molecule has 1 amide bonds. The Balaban J connectivity index is 2.15. The molecule has 2 heterocycles. The normalized spacial score (nSPS) is 18.8. The molecule has 4 nitrogen and oxygen atoms in total. The van der Waals surface area contributed by atoms with Gasteiger partial charge in [-0.3, -0.25) is 4.79 Å². The summed E-state index contributed by atoms with van der Waals surface area (Å²) in [4.78, 5) is 14.6. The van der Waals surface area contributed by atoms with Crippen molar-refractivity contribution in [2.45, 2.75) is 46.6 Å². The minimum Gasteiger partial charge on any atom is -0.466 e. The highest BCUT2D eigenvalue weighted by Gasteiger charge is 2.25. The maximum absolute atomic E-state index is 12.7. The highest BCUT2D eigenvalue weighted by Crippen LogP contribution is 2.22. The van der Waals surface area contributed by atoms with Crippen LogP contribution in [0.15, 0.2) is 4.42 Å². The van der Waals surface area contributed by atoms with Crippen molar-refractivity contribution < 1.29 is 9.21 Å². The van der Waals surface area contributed by atoms with Crippen LogP contribution in [0.4, 0.5) is 0 Å². The number of amides is 1. The van der Waals surface area contributed by atoms with Gasteiger partial charge in [-0.05, 0) is 47.1 Å². The number of likely N-dealkylation sites (N-methyl/N-ethyl adjacent to an activating group) is 1. The van der Waals surface area contributed by atoms with E-state index in [0.717, 1.165) is 48.7 Å². The lowest BCUT2D eigenvalue weighted by atomic mass is 10.1. The Morgan fingerprint density at radius 1 is 1.37 bits per heavy atom. The molecule has 1 fully saturated rings. The van der Waals surface area contributed by atoms with Crippen molar-refractivity contribution in [2.75, 3.05) is 19.6 Å². The van der Waals surface area contributed by atoms with Gasteiger partial charge in [0, 0.05) is 24.7 Å². The molecule has 0 aromatic carbocycles. The zero-order valence-electron chi connectivity index (χ0n) is 12.4. The van der Waals surface area contributed by atoms with E-state index in [4.69, 9.17) is 4.42 Å². The molecule has 1 atom stereocenters. The largest absolute Gasteiger partial charge is 0.466 e. The summed E-state index contributed by atoms with van der Waals surface area (Å²) in [6.07, 6.45) is 2.37. The predicted octanol–water partition coefficient (Wildman–Crippen LogP) is 2.42. The van der Waals surface area contributed by atoms with Crippen LogP contribution < -0.4 is 5.32 Å². The first-order valence-electron chi connectivity index (χ1n) is 7.13. The molecule has 1 unspecified atom stereocenters. The fraction of sp³-hybridized carbons (Fsp3) is 0.667. The Morgan fingerprint density at radius 3 is 2.58 bits per heavy atom. The summed E-state index contributed by atoms with van der Waals surface area (Å²) in [6.45, 7) is 10.4. The van der Waals surface area contributed by atoms with Gasteiger partial charge in [-0.2, -0.15) is 0 Å². The Hall–Kier alpha value is -1.29. The first-order chi connectivity index (χ1) is 9.04. The standard InChI is InChI=1S/C15H24N2O2/c1-5-17(9-13-7-6-8-16-13)15(18)14-10(2)11(3)19-12(14)4/h13,16H,5-9H2,1-4H3. The Kier molecular flexibility index (Phi) is 4.30. The fourth-order valence-electron chi connectivity index (χ4n) is 2.80. The Morgan fingerprint density at radius 2 is 2.11 bits per heavy atom. The van der Waals surface area contributed by atoms with Crippen LogP contribution in [0.25, 0.3) is 0 Å². The third kappa shape index (κ3) is 2.84. The lowest BCUT2D eigenvalue weighted by Crippen LogP contribution is -2.41. The minimum atomic E-state index is 0.100. The maximum atomic E-state index is 12.7. The molecule has 1 N–H and O–H groups in total. The topological polar surface area (TPSA) is 45.5 Å². The highest BCUT2D eigenvalue weighted by molar-refractivity contribution is 5.96. The van der Waals surface area contributed by atoms with Crippen molar-refractivity contribution in [3.63, 3.8) is 0 Å². The summed E-state index contributed by atoms with van der Waals surface area (Å²) in [6, 6.07) is 0.442. The molecule has 0 spiro atoms. The van der Waals surface area contributed by atoms with Gasteiger partial charge < -0.3 is 14.6 Å². The van der Waals surface area contributed by atoms with E-state index in [2.05, 4.69) is 5.32 Å². The lowest BCUT2D eigenvalue weighted by Gasteiger charge is -2.24.